The summed E-state index contributed by atoms with van der Waals surface area (Å²) in [6, 6.07) is 14.2. The normalized spacial score (nSPS) is 16.0. The van der Waals surface area contributed by atoms with E-state index in [-0.39, 0.29) is 66.4 Å². The van der Waals surface area contributed by atoms with E-state index in [4.69, 9.17) is 14.2 Å². The van der Waals surface area contributed by atoms with Crippen molar-refractivity contribution in [2.75, 3.05) is 61.6 Å². The highest BCUT2D eigenvalue weighted by Gasteiger charge is 2.46. The summed E-state index contributed by atoms with van der Waals surface area (Å²) in [6.45, 7) is 7.77. The summed E-state index contributed by atoms with van der Waals surface area (Å²) in [6.07, 6.45) is -5.84. The van der Waals surface area contributed by atoms with Crippen LogP contribution in [0.3, 0.4) is 0 Å². The number of fused-ring (bicyclic) bond motifs is 1. The van der Waals surface area contributed by atoms with Gasteiger partial charge in [-0.05, 0) is 83.1 Å². The predicted octanol–water partition coefficient (Wildman–Crippen LogP) is 6.62. The van der Waals surface area contributed by atoms with Gasteiger partial charge in [0.1, 0.15) is 23.8 Å². The Balaban J connectivity index is 1.42. The molecule has 1 aromatic heterocycles. The number of ether oxygens (including phenoxy) is 3. The summed E-state index contributed by atoms with van der Waals surface area (Å²) in [4.78, 5) is 45.6. The number of nitrogens with zero attached hydrogens (tertiary/aromatic N) is 5. The van der Waals surface area contributed by atoms with Gasteiger partial charge < -0.3 is 34.2 Å². The number of rotatable bonds is 8. The molecule has 12 nitrogen and oxygen atoms in total. The first-order valence-corrected chi connectivity index (χ1v) is 17.6. The van der Waals surface area contributed by atoms with E-state index in [1.807, 2.05) is 11.9 Å². The number of anilines is 3. The first kappa shape index (κ1) is 38.5. The van der Waals surface area contributed by atoms with Crippen LogP contribution in [0, 0.1) is 5.82 Å². The Labute approximate surface area is 309 Å². The second kappa shape index (κ2) is 15.6. The molecule has 2 aliphatic rings. The highest BCUT2D eigenvalue weighted by Crippen LogP contribution is 2.36. The number of likely N-dealkylation sites (N-methyl/N-ethyl adjacent to an activating group) is 1. The van der Waals surface area contributed by atoms with Crippen LogP contribution in [-0.4, -0.2) is 96.8 Å². The molecule has 0 saturated carbocycles. The number of hydrogen-bond acceptors (Lipinski definition) is 9. The van der Waals surface area contributed by atoms with Gasteiger partial charge in [0.05, 0.1) is 16.8 Å². The van der Waals surface area contributed by atoms with Crippen molar-refractivity contribution in [2.24, 2.45) is 0 Å². The Morgan fingerprint density at radius 1 is 0.963 bits per heavy atom. The zero-order valence-corrected chi connectivity index (χ0v) is 30.4. The number of amides is 2. The molecule has 1 N–H and O–H groups in total. The fraction of sp³-hybridized carbons (Fsp3) is 0.421. The molecule has 2 saturated heterocycles. The zero-order valence-electron chi connectivity index (χ0n) is 30.4. The lowest BCUT2D eigenvalue weighted by atomic mass is 10.0. The lowest BCUT2D eigenvalue weighted by Gasteiger charge is -2.37. The van der Waals surface area contributed by atoms with Crippen molar-refractivity contribution in [3.05, 3.63) is 77.6 Å². The minimum absolute atomic E-state index is 0.127. The monoisotopic (exact) mass is 754 g/mol. The van der Waals surface area contributed by atoms with Gasteiger partial charge >= 0.3 is 18.2 Å². The maximum atomic E-state index is 14.3. The molecule has 0 atom stereocenters. The van der Waals surface area contributed by atoms with Gasteiger partial charge in [-0.3, -0.25) is 9.59 Å². The molecule has 54 heavy (non-hydrogen) atoms. The maximum Gasteiger partial charge on any atom is 0.471 e. The molecule has 16 heteroatoms. The lowest BCUT2D eigenvalue weighted by molar-refractivity contribution is -0.171. The van der Waals surface area contributed by atoms with Crippen molar-refractivity contribution in [2.45, 2.75) is 58.0 Å². The summed E-state index contributed by atoms with van der Waals surface area (Å²) in [5.41, 5.74) is -0.268. The molecule has 6 rings (SSSR count). The average molecular weight is 755 g/mol. The molecule has 2 amide bonds. The second-order valence-corrected chi connectivity index (χ2v) is 14.3. The zero-order chi connectivity index (χ0) is 38.8. The highest BCUT2D eigenvalue weighted by atomic mass is 19.4. The minimum Gasteiger partial charge on any atom is -0.489 e. The number of benzene rings is 3. The van der Waals surface area contributed by atoms with Crippen LogP contribution in [0.5, 0.6) is 5.75 Å². The number of alkyl halides is 3. The van der Waals surface area contributed by atoms with Crippen LogP contribution in [0.2, 0.25) is 0 Å². The van der Waals surface area contributed by atoms with Crippen LogP contribution in [0.4, 0.5) is 39.5 Å². The predicted molar refractivity (Wildman–Crippen MR) is 194 cm³/mol. The second-order valence-electron chi connectivity index (χ2n) is 14.3. The maximum absolute atomic E-state index is 14.3. The summed E-state index contributed by atoms with van der Waals surface area (Å²) in [7, 11) is 1.97. The number of nitrogens with one attached hydrogen (secondary N) is 1. The topological polar surface area (TPSA) is 118 Å². The van der Waals surface area contributed by atoms with Crippen molar-refractivity contribution in [3.63, 3.8) is 0 Å². The van der Waals surface area contributed by atoms with E-state index in [9.17, 15) is 31.9 Å². The van der Waals surface area contributed by atoms with Crippen molar-refractivity contribution in [1.29, 1.82) is 0 Å². The van der Waals surface area contributed by atoms with Crippen LogP contribution >= 0.6 is 0 Å². The third kappa shape index (κ3) is 8.76. The summed E-state index contributed by atoms with van der Waals surface area (Å²) in [5.74, 6) is -3.32. The summed E-state index contributed by atoms with van der Waals surface area (Å²) < 4.78 is 74.9. The van der Waals surface area contributed by atoms with Crippen molar-refractivity contribution in [1.82, 2.24) is 14.7 Å². The van der Waals surface area contributed by atoms with Gasteiger partial charge in [0, 0.05) is 62.1 Å². The summed E-state index contributed by atoms with van der Waals surface area (Å²) >= 11 is 0. The Morgan fingerprint density at radius 2 is 1.67 bits per heavy atom. The Hall–Kier alpha value is -5.22. The smallest absolute Gasteiger partial charge is 0.471 e. The molecule has 0 unspecified atom stereocenters. The number of carbonyl (C=O) groups is 3. The third-order valence-corrected chi connectivity index (χ3v) is 9.17. The number of halogens is 4. The molecule has 3 aromatic carbocycles. The van der Waals surface area contributed by atoms with Gasteiger partial charge in [0.15, 0.2) is 5.82 Å². The molecule has 0 radical (unpaired) electrons. The van der Waals surface area contributed by atoms with Crippen molar-refractivity contribution < 1.29 is 46.2 Å². The van der Waals surface area contributed by atoms with E-state index in [0.29, 0.717) is 42.3 Å². The van der Waals surface area contributed by atoms with E-state index in [1.165, 1.54) is 30.3 Å². The third-order valence-electron chi connectivity index (χ3n) is 9.17. The van der Waals surface area contributed by atoms with Gasteiger partial charge in [0.25, 0.3) is 5.91 Å². The molecular weight excluding hydrogens is 712 g/mol. The molecule has 2 fully saturated rings. The van der Waals surface area contributed by atoms with Crippen LogP contribution in [0.1, 0.15) is 49.5 Å². The Bertz CT molecular complexity index is 2020. The average Bonchev–Trinajstić information content (AvgIpc) is 3.48. The molecule has 0 bridgehead atoms. The van der Waals surface area contributed by atoms with E-state index in [0.717, 1.165) is 4.68 Å². The number of carbonyl (C=O) groups excluding carboxylic acids is 3. The van der Waals surface area contributed by atoms with Crippen LogP contribution in [-0.2, 0) is 20.9 Å². The van der Waals surface area contributed by atoms with E-state index >= 15 is 0 Å². The lowest BCUT2D eigenvalue weighted by Crippen LogP contribution is -2.50. The Kier molecular flexibility index (Phi) is 11.1. The summed E-state index contributed by atoms with van der Waals surface area (Å²) in [5, 5.41) is 7.25. The van der Waals surface area contributed by atoms with Crippen molar-refractivity contribution in [3.8, 4) is 5.75 Å². The van der Waals surface area contributed by atoms with Crippen LogP contribution < -0.4 is 19.9 Å². The van der Waals surface area contributed by atoms with Crippen LogP contribution in [0.15, 0.2) is 60.7 Å². The molecule has 4 aromatic rings. The van der Waals surface area contributed by atoms with Gasteiger partial charge in [0.2, 0.25) is 0 Å². The van der Waals surface area contributed by atoms with Gasteiger partial charge in [-0.25, -0.2) is 9.18 Å². The number of hydrogen-bond donors (Lipinski definition) is 1. The molecule has 0 spiro atoms. The van der Waals surface area contributed by atoms with Gasteiger partial charge in [-0.1, -0.05) is 18.2 Å². The molecular formula is C38H42F4N6O6. The SMILES string of the molecule is CN1CCN(c2ccc(C(=O)Nc3nn(C(=O)OC(C)(C)C)c4ccc(OCc5ccccc5F)cc34)c(N(C(=O)C(F)(F)F)C3CCOCC3)c2)CC1. The van der Waals surface area contributed by atoms with E-state index in [1.54, 1.807) is 51.1 Å². The standard InChI is InChI=1S/C38H42F4N6O6/c1-37(2,3)54-36(51)48-31-12-10-27(53-23-24-7-5-6-8-30(24)39)22-29(31)33(44-48)43-34(49)28-11-9-26(46-17-15-45(4)16-18-46)21-32(28)47(35(50)38(40,41)42)25-13-19-52-20-14-25/h5-12,21-22,25H,13-20,23H2,1-4H3,(H,43,44,49). The van der Waals surface area contributed by atoms with Crippen molar-refractivity contribution >= 4 is 46.0 Å². The number of piperazine rings is 1. The highest BCUT2D eigenvalue weighted by molar-refractivity contribution is 6.14. The quantitative estimate of drug-likeness (QED) is 0.198. The molecule has 288 valence electrons. The minimum atomic E-state index is -5.24. The van der Waals surface area contributed by atoms with Gasteiger partial charge in [-0.2, -0.15) is 17.9 Å². The molecule has 0 aliphatic carbocycles. The van der Waals surface area contributed by atoms with E-state index in [2.05, 4.69) is 15.3 Å². The number of aromatic nitrogens is 2. The molecule has 3 heterocycles. The first-order valence-electron chi connectivity index (χ1n) is 17.6. The van der Waals surface area contributed by atoms with Gasteiger partial charge in [-0.15, -0.1) is 5.10 Å². The molecule has 2 aliphatic heterocycles. The fourth-order valence-electron chi connectivity index (χ4n) is 6.40. The largest absolute Gasteiger partial charge is 0.489 e. The van der Waals surface area contributed by atoms with Crippen LogP contribution in [0.25, 0.3) is 10.9 Å². The Morgan fingerprint density at radius 3 is 2.33 bits per heavy atom. The van der Waals surface area contributed by atoms with E-state index < -0.39 is 41.5 Å². The first-order chi connectivity index (χ1) is 25.6. The fourth-order valence-corrected chi connectivity index (χ4v) is 6.40.